The first kappa shape index (κ1) is 30.0. The van der Waals surface area contributed by atoms with Crippen LogP contribution in [0.5, 0.6) is 11.5 Å². The molecule has 0 saturated heterocycles. The summed E-state index contributed by atoms with van der Waals surface area (Å²) in [5.74, 6) is 1.54. The van der Waals surface area contributed by atoms with E-state index in [2.05, 4.69) is 5.32 Å². The molecule has 204 valence electrons. The number of nitrogens with zero attached hydrogens (tertiary/aromatic N) is 1. The van der Waals surface area contributed by atoms with Crippen molar-refractivity contribution in [2.75, 3.05) is 37.4 Å². The van der Waals surface area contributed by atoms with Crippen molar-refractivity contribution in [3.63, 3.8) is 0 Å². The van der Waals surface area contributed by atoms with Crippen molar-refractivity contribution in [3.05, 3.63) is 81.3 Å². The van der Waals surface area contributed by atoms with Crippen molar-refractivity contribution < 1.29 is 22.7 Å². The number of sulfonamides is 1. The average molecular weight is 598 g/mol. The summed E-state index contributed by atoms with van der Waals surface area (Å²) in [5, 5.41) is 3.99. The highest BCUT2D eigenvalue weighted by atomic mass is 35.5. The minimum Gasteiger partial charge on any atom is -0.493 e. The number of carbonyl (C=O) groups excluding carboxylic acids is 1. The van der Waals surface area contributed by atoms with Gasteiger partial charge in [0.2, 0.25) is 5.91 Å². The molecule has 0 aliphatic heterocycles. The lowest BCUT2D eigenvalue weighted by Gasteiger charge is -2.25. The molecule has 1 N–H and O–H groups in total. The van der Waals surface area contributed by atoms with E-state index in [1.165, 1.54) is 32.4 Å². The number of carbonyl (C=O) groups is 1. The molecule has 0 bridgehead atoms. The van der Waals surface area contributed by atoms with Crippen LogP contribution >= 0.6 is 35.0 Å². The molecular weight excluding hydrogens is 567 g/mol. The summed E-state index contributed by atoms with van der Waals surface area (Å²) in [6.45, 7) is 3.74. The highest BCUT2D eigenvalue weighted by Crippen LogP contribution is 2.32. The normalized spacial score (nSPS) is 11.2. The van der Waals surface area contributed by atoms with E-state index in [0.29, 0.717) is 39.5 Å². The highest BCUT2D eigenvalue weighted by molar-refractivity contribution is 7.98. The van der Waals surface area contributed by atoms with Gasteiger partial charge in [-0.2, -0.15) is 11.8 Å². The Morgan fingerprint density at radius 3 is 2.26 bits per heavy atom. The van der Waals surface area contributed by atoms with Gasteiger partial charge in [-0.15, -0.1) is 0 Å². The van der Waals surface area contributed by atoms with Crippen LogP contribution in [0.15, 0.2) is 59.5 Å². The number of rotatable bonds is 12. The van der Waals surface area contributed by atoms with Gasteiger partial charge in [0, 0.05) is 34.2 Å². The minimum absolute atomic E-state index is 0.0162. The molecule has 0 atom stereocenters. The number of benzene rings is 3. The molecule has 0 saturated carbocycles. The van der Waals surface area contributed by atoms with E-state index in [-0.39, 0.29) is 17.2 Å². The quantitative estimate of drug-likeness (QED) is 0.263. The molecule has 0 spiro atoms. The third-order valence-electron chi connectivity index (χ3n) is 5.57. The number of methoxy groups -OCH3 is 2. The van der Waals surface area contributed by atoms with Gasteiger partial charge in [0.05, 0.1) is 24.8 Å². The molecule has 3 aromatic carbocycles. The maximum absolute atomic E-state index is 13.8. The molecule has 38 heavy (non-hydrogen) atoms. The van der Waals surface area contributed by atoms with E-state index in [1.54, 1.807) is 36.0 Å². The van der Waals surface area contributed by atoms with Crippen LogP contribution in [-0.2, 0) is 20.6 Å². The van der Waals surface area contributed by atoms with Crippen LogP contribution in [-0.4, -0.2) is 47.4 Å². The third-order valence-corrected chi connectivity index (χ3v) is 8.93. The standard InChI is InChI=1S/C27H30Cl2N2O5S2/c1-18-11-19(2)13-22(12-18)31(38(33,34)23-7-8-25(35-3)26(15-23)36-4)16-27(32)30-9-10-37-17-20-5-6-21(28)14-24(20)29/h5-8,11-15H,9-10,16-17H2,1-4H3,(H,30,32). The maximum atomic E-state index is 13.8. The van der Waals surface area contributed by atoms with E-state index in [4.69, 9.17) is 32.7 Å². The molecule has 11 heteroatoms. The second kappa shape index (κ2) is 13.5. The Kier molecular flexibility index (Phi) is 10.6. The summed E-state index contributed by atoms with van der Waals surface area (Å²) in [7, 11) is -1.21. The van der Waals surface area contributed by atoms with Crippen LogP contribution in [0, 0.1) is 13.8 Å². The predicted molar refractivity (Wildman–Crippen MR) is 156 cm³/mol. The summed E-state index contributed by atoms with van der Waals surface area (Å²) in [5.41, 5.74) is 3.11. The topological polar surface area (TPSA) is 84.9 Å². The van der Waals surface area contributed by atoms with Gasteiger partial charge in [-0.1, -0.05) is 35.3 Å². The van der Waals surface area contributed by atoms with Gasteiger partial charge in [0.1, 0.15) is 6.54 Å². The van der Waals surface area contributed by atoms with Gasteiger partial charge in [-0.05, 0) is 66.9 Å². The van der Waals surface area contributed by atoms with Crippen molar-refractivity contribution in [3.8, 4) is 11.5 Å². The first-order valence-electron chi connectivity index (χ1n) is 11.7. The molecule has 3 aromatic rings. The van der Waals surface area contributed by atoms with Crippen molar-refractivity contribution in [2.45, 2.75) is 24.5 Å². The zero-order valence-corrected chi connectivity index (χ0v) is 24.7. The molecule has 7 nitrogen and oxygen atoms in total. The Balaban J connectivity index is 1.74. The van der Waals surface area contributed by atoms with Crippen LogP contribution in [0.4, 0.5) is 5.69 Å². The fourth-order valence-corrected chi connectivity index (χ4v) is 6.62. The Morgan fingerprint density at radius 1 is 0.947 bits per heavy atom. The first-order chi connectivity index (χ1) is 18.0. The first-order valence-corrected chi connectivity index (χ1v) is 15.0. The Morgan fingerprint density at radius 2 is 1.63 bits per heavy atom. The summed E-state index contributed by atoms with van der Waals surface area (Å²) in [6, 6.07) is 15.1. The number of anilines is 1. The van der Waals surface area contributed by atoms with Crippen LogP contribution < -0.4 is 19.1 Å². The molecule has 0 fully saturated rings. The van der Waals surface area contributed by atoms with Gasteiger partial charge >= 0.3 is 0 Å². The van der Waals surface area contributed by atoms with Gasteiger partial charge in [0.15, 0.2) is 11.5 Å². The number of halogens is 2. The number of amides is 1. The summed E-state index contributed by atoms with van der Waals surface area (Å²) >= 11 is 13.8. The predicted octanol–water partition coefficient (Wildman–Crippen LogP) is 5.87. The largest absolute Gasteiger partial charge is 0.493 e. The second-order valence-corrected chi connectivity index (χ2v) is 12.3. The molecule has 3 rings (SSSR count). The van der Waals surface area contributed by atoms with Crippen LogP contribution in [0.3, 0.4) is 0 Å². The van der Waals surface area contributed by atoms with Crippen LogP contribution in [0.2, 0.25) is 10.0 Å². The van der Waals surface area contributed by atoms with Gasteiger partial charge in [0.25, 0.3) is 10.0 Å². The van der Waals surface area contributed by atoms with Crippen LogP contribution in [0.1, 0.15) is 16.7 Å². The SMILES string of the molecule is COc1ccc(S(=O)(=O)N(CC(=O)NCCSCc2ccc(Cl)cc2Cl)c2cc(C)cc(C)c2)cc1OC. The lowest BCUT2D eigenvalue weighted by atomic mass is 10.1. The molecule has 0 aliphatic rings. The molecule has 1 amide bonds. The summed E-state index contributed by atoms with van der Waals surface area (Å²) < 4.78 is 39.2. The zero-order valence-electron chi connectivity index (χ0n) is 21.6. The van der Waals surface area contributed by atoms with E-state index in [1.807, 2.05) is 26.0 Å². The molecule has 0 radical (unpaired) electrons. The third kappa shape index (κ3) is 7.72. The molecule has 0 aromatic heterocycles. The van der Waals surface area contributed by atoms with E-state index in [0.717, 1.165) is 21.0 Å². The van der Waals surface area contributed by atoms with Crippen molar-refractivity contribution in [1.82, 2.24) is 5.32 Å². The number of hydrogen-bond acceptors (Lipinski definition) is 6. The molecular formula is C27H30Cl2N2O5S2. The Labute approximate surface area is 238 Å². The van der Waals surface area contributed by atoms with Gasteiger partial charge in [-0.25, -0.2) is 8.42 Å². The van der Waals surface area contributed by atoms with Crippen molar-refractivity contribution in [2.24, 2.45) is 0 Å². The maximum Gasteiger partial charge on any atom is 0.264 e. The zero-order chi connectivity index (χ0) is 27.9. The van der Waals surface area contributed by atoms with E-state index >= 15 is 0 Å². The number of aryl methyl sites for hydroxylation is 2. The lowest BCUT2D eigenvalue weighted by molar-refractivity contribution is -0.119. The van der Waals surface area contributed by atoms with Crippen molar-refractivity contribution in [1.29, 1.82) is 0 Å². The highest BCUT2D eigenvalue weighted by Gasteiger charge is 2.28. The number of hydrogen-bond donors (Lipinski definition) is 1. The summed E-state index contributed by atoms with van der Waals surface area (Å²) in [4.78, 5) is 12.9. The Hall–Kier alpha value is -2.59. The molecule has 0 heterocycles. The average Bonchev–Trinajstić information content (AvgIpc) is 2.87. The Bertz CT molecular complexity index is 1380. The van der Waals surface area contributed by atoms with Gasteiger partial charge in [-0.3, -0.25) is 9.10 Å². The number of nitrogens with one attached hydrogen (secondary N) is 1. The van der Waals surface area contributed by atoms with Crippen molar-refractivity contribution >= 4 is 56.6 Å². The fourth-order valence-electron chi connectivity index (χ4n) is 3.78. The lowest BCUT2D eigenvalue weighted by Crippen LogP contribution is -2.41. The summed E-state index contributed by atoms with van der Waals surface area (Å²) in [6.07, 6.45) is 0. The second-order valence-electron chi connectivity index (χ2n) is 8.51. The van der Waals surface area contributed by atoms with E-state index in [9.17, 15) is 13.2 Å². The number of ether oxygens (including phenoxy) is 2. The molecule has 0 unspecified atom stereocenters. The van der Waals surface area contributed by atoms with Crippen LogP contribution in [0.25, 0.3) is 0 Å². The smallest absolute Gasteiger partial charge is 0.264 e. The minimum atomic E-state index is -4.11. The number of thioether (sulfide) groups is 1. The van der Waals surface area contributed by atoms with Gasteiger partial charge < -0.3 is 14.8 Å². The fraction of sp³-hybridized carbons (Fsp3) is 0.296. The monoisotopic (exact) mass is 596 g/mol. The molecule has 0 aliphatic carbocycles. The van der Waals surface area contributed by atoms with E-state index < -0.39 is 15.9 Å².